The molecule has 1 aromatic carbocycles. The third-order valence-corrected chi connectivity index (χ3v) is 2.93. The second-order valence-corrected chi connectivity index (χ2v) is 3.78. The lowest BCUT2D eigenvalue weighted by Gasteiger charge is -1.99. The lowest BCUT2D eigenvalue weighted by atomic mass is 10.3. The van der Waals surface area contributed by atoms with Crippen molar-refractivity contribution >= 4 is 43.5 Å². The molecule has 0 aromatic heterocycles. The first kappa shape index (κ1) is 8.37. The summed E-state index contributed by atoms with van der Waals surface area (Å²) < 4.78 is 1.29. The van der Waals surface area contributed by atoms with Crippen molar-refractivity contribution in [3.8, 4) is 5.75 Å². The van der Waals surface area contributed by atoms with E-state index in [1.54, 1.807) is 12.1 Å². The van der Waals surface area contributed by atoms with Crippen LogP contribution >= 0.6 is 43.5 Å². The topological polar surface area (TPSA) is 20.2 Å². The molecule has 0 heterocycles. The number of hydrogen-bond donors (Lipinski definition) is 1. The van der Waals surface area contributed by atoms with Crippen molar-refractivity contribution in [2.45, 2.75) is 0 Å². The predicted octanol–water partition coefficient (Wildman–Crippen LogP) is 3.57. The zero-order valence-electron chi connectivity index (χ0n) is 4.74. The van der Waals surface area contributed by atoms with Crippen LogP contribution in [0.5, 0.6) is 5.75 Å². The number of rotatable bonds is 0. The van der Waals surface area contributed by atoms with Crippen molar-refractivity contribution in [3.05, 3.63) is 26.1 Å². The van der Waals surface area contributed by atoms with E-state index in [1.165, 1.54) is 0 Å². The van der Waals surface area contributed by atoms with Crippen LogP contribution in [0.4, 0.5) is 0 Å². The Morgan fingerprint density at radius 3 is 2.20 bits per heavy atom. The highest BCUT2D eigenvalue weighted by atomic mass is 79.9. The number of benzene rings is 1. The third-order valence-electron chi connectivity index (χ3n) is 1.02. The minimum atomic E-state index is 0.0658. The summed E-state index contributed by atoms with van der Waals surface area (Å²) in [5, 5.41) is 9.51. The number of phenols is 1. The Balaban J connectivity index is 3.34. The molecule has 1 aromatic rings. The van der Waals surface area contributed by atoms with Crippen molar-refractivity contribution in [1.82, 2.24) is 0 Å². The fourth-order valence-corrected chi connectivity index (χ4v) is 1.45. The monoisotopic (exact) mass is 284 g/mol. The molecule has 1 N–H and O–H groups in total. The number of hydrogen-bond acceptors (Lipinski definition) is 1. The minimum absolute atomic E-state index is 0.0658. The van der Waals surface area contributed by atoms with E-state index in [9.17, 15) is 5.11 Å². The molecule has 0 amide bonds. The van der Waals surface area contributed by atoms with E-state index >= 15 is 0 Å². The first-order chi connectivity index (χ1) is 4.63. The summed E-state index contributed by atoms with van der Waals surface area (Å²) in [5.74, 6) is 0.0658. The van der Waals surface area contributed by atoms with Gasteiger partial charge in [-0.2, -0.15) is 0 Å². The Bertz CT molecular complexity index is 235. The van der Waals surface area contributed by atoms with Crippen LogP contribution in [-0.2, 0) is 0 Å². The fraction of sp³-hybridized carbons (Fsp3) is 0. The van der Waals surface area contributed by atoms with Gasteiger partial charge in [0.2, 0.25) is 0 Å². The number of phenolic OH excluding ortho intramolecular Hbond substituents is 1. The Morgan fingerprint density at radius 1 is 1.20 bits per heavy atom. The highest BCUT2D eigenvalue weighted by Gasteiger charge is 2.05. The molecule has 0 spiro atoms. The second kappa shape index (κ2) is 3.11. The molecule has 0 saturated carbocycles. The predicted molar refractivity (Wildman–Crippen MR) is 48.5 cm³/mol. The van der Waals surface area contributed by atoms with Gasteiger partial charge in [-0.3, -0.25) is 0 Å². The molecule has 4 heteroatoms. The third kappa shape index (κ3) is 1.47. The first-order valence-corrected chi connectivity index (χ1v) is 4.42. The summed E-state index contributed by atoms with van der Waals surface area (Å²) in [4.78, 5) is 0. The summed E-state index contributed by atoms with van der Waals surface area (Å²) in [5.41, 5.74) is 0. The van der Waals surface area contributed by atoms with Gasteiger partial charge in [0.1, 0.15) is 5.75 Å². The van der Waals surface area contributed by atoms with Gasteiger partial charge in [0.25, 0.3) is 0 Å². The van der Waals surface area contributed by atoms with Gasteiger partial charge < -0.3 is 5.11 Å². The molecule has 0 atom stereocenters. The van der Waals surface area contributed by atoms with Crippen LogP contribution in [-0.4, -0.2) is 5.11 Å². The molecule has 54 valence electrons. The SMILES string of the molecule is Oc1c(Br)ccc(Br)c1Cl. The summed E-state index contributed by atoms with van der Waals surface area (Å²) in [6, 6.07) is 3.47. The van der Waals surface area contributed by atoms with Crippen LogP contribution in [0.15, 0.2) is 21.1 Å². The Hall–Kier alpha value is 0.270. The molecule has 0 saturated heterocycles. The molecule has 1 rings (SSSR count). The van der Waals surface area contributed by atoms with Crippen molar-refractivity contribution in [2.24, 2.45) is 0 Å². The molecule has 1 nitrogen and oxygen atoms in total. The molecule has 10 heavy (non-hydrogen) atoms. The first-order valence-electron chi connectivity index (χ1n) is 2.45. The molecule has 0 fully saturated rings. The van der Waals surface area contributed by atoms with Gasteiger partial charge in [-0.15, -0.1) is 0 Å². The lowest BCUT2D eigenvalue weighted by Crippen LogP contribution is -1.72. The van der Waals surface area contributed by atoms with Gasteiger partial charge in [-0.05, 0) is 44.0 Å². The van der Waals surface area contributed by atoms with Gasteiger partial charge in [0.15, 0.2) is 0 Å². The molecule has 0 bridgehead atoms. The van der Waals surface area contributed by atoms with Crippen molar-refractivity contribution in [3.63, 3.8) is 0 Å². The molecule has 0 aliphatic carbocycles. The second-order valence-electron chi connectivity index (χ2n) is 1.69. The average molecular weight is 286 g/mol. The van der Waals surface area contributed by atoms with E-state index in [0.29, 0.717) is 14.0 Å². The Kier molecular flexibility index (Phi) is 2.61. The van der Waals surface area contributed by atoms with E-state index in [1.807, 2.05) is 0 Å². The van der Waals surface area contributed by atoms with Gasteiger partial charge in [-0.1, -0.05) is 11.6 Å². The smallest absolute Gasteiger partial charge is 0.149 e. The molecule has 0 unspecified atom stereocenters. The van der Waals surface area contributed by atoms with Crippen LogP contribution in [0, 0.1) is 0 Å². The van der Waals surface area contributed by atoms with Gasteiger partial charge in [0.05, 0.1) is 9.50 Å². The normalized spacial score (nSPS) is 9.90. The van der Waals surface area contributed by atoms with E-state index in [4.69, 9.17) is 11.6 Å². The highest BCUT2D eigenvalue weighted by molar-refractivity contribution is 9.11. The largest absolute Gasteiger partial charge is 0.505 e. The fourth-order valence-electron chi connectivity index (χ4n) is 0.516. The molecule has 0 aliphatic rings. The maximum Gasteiger partial charge on any atom is 0.149 e. The van der Waals surface area contributed by atoms with Crippen LogP contribution < -0.4 is 0 Å². The number of aromatic hydroxyl groups is 1. The van der Waals surface area contributed by atoms with Crippen molar-refractivity contribution < 1.29 is 5.11 Å². The Morgan fingerprint density at radius 2 is 1.70 bits per heavy atom. The summed E-state index contributed by atoms with van der Waals surface area (Å²) in [7, 11) is 0. The number of halogens is 3. The van der Waals surface area contributed by atoms with Crippen LogP contribution in [0.2, 0.25) is 5.02 Å². The zero-order chi connectivity index (χ0) is 7.72. The van der Waals surface area contributed by atoms with Gasteiger partial charge in [0, 0.05) is 4.47 Å². The lowest BCUT2D eigenvalue weighted by molar-refractivity contribution is 0.472. The van der Waals surface area contributed by atoms with Gasteiger partial charge >= 0.3 is 0 Å². The van der Waals surface area contributed by atoms with Crippen LogP contribution in [0.25, 0.3) is 0 Å². The van der Waals surface area contributed by atoms with E-state index in [-0.39, 0.29) is 5.75 Å². The zero-order valence-corrected chi connectivity index (χ0v) is 8.66. The Labute approximate surface area is 80.3 Å². The quantitative estimate of drug-likeness (QED) is 0.723. The molecular weight excluding hydrogens is 283 g/mol. The molecular formula is C6H3Br2ClO. The van der Waals surface area contributed by atoms with Crippen molar-refractivity contribution in [1.29, 1.82) is 0 Å². The van der Waals surface area contributed by atoms with E-state index < -0.39 is 0 Å². The van der Waals surface area contributed by atoms with Crippen LogP contribution in [0.1, 0.15) is 0 Å². The minimum Gasteiger partial charge on any atom is -0.505 e. The van der Waals surface area contributed by atoms with Crippen LogP contribution in [0.3, 0.4) is 0 Å². The summed E-state index contributed by atoms with van der Waals surface area (Å²) in [6.45, 7) is 0. The maximum absolute atomic E-state index is 9.18. The summed E-state index contributed by atoms with van der Waals surface area (Å²) >= 11 is 11.9. The molecule has 0 radical (unpaired) electrons. The average Bonchev–Trinajstić information content (AvgIpc) is 1.93. The standard InChI is InChI=1S/C6H3Br2ClO/c7-3-1-2-4(8)6(10)5(3)9/h1-2,10H. The van der Waals surface area contributed by atoms with E-state index in [2.05, 4.69) is 31.9 Å². The highest BCUT2D eigenvalue weighted by Crippen LogP contribution is 2.36. The molecule has 0 aliphatic heterocycles. The van der Waals surface area contributed by atoms with Gasteiger partial charge in [-0.25, -0.2) is 0 Å². The summed E-state index contributed by atoms with van der Waals surface area (Å²) in [6.07, 6.45) is 0. The van der Waals surface area contributed by atoms with E-state index in [0.717, 1.165) is 0 Å². The van der Waals surface area contributed by atoms with Crippen molar-refractivity contribution in [2.75, 3.05) is 0 Å². The maximum atomic E-state index is 9.18.